The molecule has 1 aromatic rings. The first-order valence-electron chi connectivity index (χ1n) is 7.57. The van der Waals surface area contributed by atoms with E-state index in [1.807, 2.05) is 4.90 Å². The van der Waals surface area contributed by atoms with Crippen LogP contribution in [0, 0.1) is 11.8 Å². The zero-order valence-corrected chi connectivity index (χ0v) is 12.9. The first kappa shape index (κ1) is 15.1. The summed E-state index contributed by atoms with van der Waals surface area (Å²) in [4.78, 5) is 14.6. The van der Waals surface area contributed by atoms with E-state index in [0.29, 0.717) is 23.6 Å². The van der Waals surface area contributed by atoms with Gasteiger partial charge in [0.15, 0.2) is 5.76 Å². The first-order chi connectivity index (χ1) is 9.49. The van der Waals surface area contributed by atoms with Crippen molar-refractivity contribution in [1.29, 1.82) is 0 Å². The zero-order chi connectivity index (χ0) is 14.7. The molecule has 0 radical (unpaired) electrons. The molecule has 1 aliphatic heterocycles. The topological polar surface area (TPSA) is 45.5 Å². The Morgan fingerprint density at radius 3 is 2.75 bits per heavy atom. The SMILES string of the molecule is CC(C)CC1CN(C(=O)c2ccco2)C(C(C)C)CN1. The molecule has 112 valence electrons. The van der Waals surface area contributed by atoms with Gasteiger partial charge in [-0.1, -0.05) is 27.7 Å². The van der Waals surface area contributed by atoms with E-state index in [1.165, 1.54) is 0 Å². The number of carbonyl (C=O) groups is 1. The van der Waals surface area contributed by atoms with E-state index in [-0.39, 0.29) is 11.9 Å². The third kappa shape index (κ3) is 3.42. The standard InChI is InChI=1S/C16H26N2O2/c1-11(2)8-13-10-18(14(9-17-13)12(3)4)16(19)15-6-5-7-20-15/h5-7,11-14,17H,8-10H2,1-4H3. The molecule has 1 N–H and O–H groups in total. The predicted octanol–water partition coefficient (Wildman–Crippen LogP) is 2.76. The fraction of sp³-hybridized carbons (Fsp3) is 0.688. The number of rotatable bonds is 4. The van der Waals surface area contributed by atoms with Crippen LogP contribution in [-0.4, -0.2) is 36.0 Å². The van der Waals surface area contributed by atoms with Crippen LogP contribution in [0.25, 0.3) is 0 Å². The Balaban J connectivity index is 2.12. The van der Waals surface area contributed by atoms with Gasteiger partial charge in [0.05, 0.1) is 6.26 Å². The van der Waals surface area contributed by atoms with Gasteiger partial charge in [-0.05, 0) is 30.4 Å². The highest BCUT2D eigenvalue weighted by molar-refractivity contribution is 5.91. The van der Waals surface area contributed by atoms with Gasteiger partial charge >= 0.3 is 0 Å². The van der Waals surface area contributed by atoms with Gasteiger partial charge in [-0.25, -0.2) is 0 Å². The fourth-order valence-corrected chi connectivity index (χ4v) is 2.93. The van der Waals surface area contributed by atoms with Crippen LogP contribution in [0.1, 0.15) is 44.7 Å². The van der Waals surface area contributed by atoms with E-state index in [4.69, 9.17) is 4.42 Å². The van der Waals surface area contributed by atoms with Gasteiger partial charge in [0, 0.05) is 25.2 Å². The Bertz CT molecular complexity index is 426. The summed E-state index contributed by atoms with van der Waals surface area (Å²) in [5.74, 6) is 1.52. The highest BCUT2D eigenvalue weighted by Crippen LogP contribution is 2.21. The molecule has 0 aliphatic carbocycles. The molecule has 4 heteroatoms. The number of amides is 1. The molecule has 0 aromatic carbocycles. The van der Waals surface area contributed by atoms with Gasteiger partial charge in [0.2, 0.25) is 0 Å². The number of carbonyl (C=O) groups excluding carboxylic acids is 1. The van der Waals surface area contributed by atoms with Crippen molar-refractivity contribution in [3.8, 4) is 0 Å². The van der Waals surface area contributed by atoms with E-state index in [9.17, 15) is 4.79 Å². The van der Waals surface area contributed by atoms with Crippen LogP contribution in [0.4, 0.5) is 0 Å². The molecule has 1 aromatic heterocycles. The van der Waals surface area contributed by atoms with Crippen LogP contribution in [0.5, 0.6) is 0 Å². The summed E-state index contributed by atoms with van der Waals surface area (Å²) in [5, 5.41) is 3.59. The van der Waals surface area contributed by atoms with Gasteiger partial charge < -0.3 is 14.6 Å². The number of hydrogen-bond donors (Lipinski definition) is 1. The van der Waals surface area contributed by atoms with Crippen molar-refractivity contribution in [2.45, 2.75) is 46.2 Å². The Morgan fingerprint density at radius 1 is 1.45 bits per heavy atom. The van der Waals surface area contributed by atoms with Crippen LogP contribution in [0.3, 0.4) is 0 Å². The van der Waals surface area contributed by atoms with E-state index in [0.717, 1.165) is 19.5 Å². The Labute approximate surface area is 121 Å². The average Bonchev–Trinajstić information content (AvgIpc) is 2.90. The van der Waals surface area contributed by atoms with Crippen LogP contribution < -0.4 is 5.32 Å². The smallest absolute Gasteiger partial charge is 0.289 e. The number of nitrogens with zero attached hydrogens (tertiary/aromatic N) is 1. The van der Waals surface area contributed by atoms with E-state index < -0.39 is 0 Å². The quantitative estimate of drug-likeness (QED) is 0.921. The van der Waals surface area contributed by atoms with Gasteiger partial charge in [-0.15, -0.1) is 0 Å². The average molecular weight is 278 g/mol. The molecule has 4 nitrogen and oxygen atoms in total. The van der Waals surface area contributed by atoms with Gasteiger partial charge in [-0.2, -0.15) is 0 Å². The second-order valence-electron chi connectivity index (χ2n) is 6.48. The van der Waals surface area contributed by atoms with Crippen molar-refractivity contribution in [1.82, 2.24) is 10.2 Å². The van der Waals surface area contributed by atoms with Crippen molar-refractivity contribution in [2.24, 2.45) is 11.8 Å². The van der Waals surface area contributed by atoms with E-state index in [2.05, 4.69) is 33.0 Å². The minimum absolute atomic E-state index is 0.0176. The van der Waals surface area contributed by atoms with Crippen molar-refractivity contribution >= 4 is 5.91 Å². The molecular formula is C16H26N2O2. The molecule has 1 fully saturated rings. The number of piperazine rings is 1. The first-order valence-corrected chi connectivity index (χ1v) is 7.57. The maximum Gasteiger partial charge on any atom is 0.289 e. The monoisotopic (exact) mass is 278 g/mol. The molecule has 0 saturated carbocycles. The number of nitrogens with one attached hydrogen (secondary N) is 1. The molecule has 1 amide bonds. The maximum atomic E-state index is 12.6. The molecule has 2 atom stereocenters. The molecule has 1 aliphatic rings. The van der Waals surface area contributed by atoms with Gasteiger partial charge in [0.1, 0.15) is 0 Å². The third-order valence-corrected chi connectivity index (χ3v) is 3.95. The molecule has 2 rings (SSSR count). The molecule has 20 heavy (non-hydrogen) atoms. The summed E-state index contributed by atoms with van der Waals surface area (Å²) in [6.07, 6.45) is 2.65. The second kappa shape index (κ2) is 6.44. The summed E-state index contributed by atoms with van der Waals surface area (Å²) >= 11 is 0. The number of furan rings is 1. The lowest BCUT2D eigenvalue weighted by Gasteiger charge is -2.42. The molecule has 2 unspecified atom stereocenters. The fourth-order valence-electron chi connectivity index (χ4n) is 2.93. The highest BCUT2D eigenvalue weighted by atomic mass is 16.3. The molecule has 0 spiro atoms. The third-order valence-electron chi connectivity index (χ3n) is 3.95. The Kier molecular flexibility index (Phi) is 4.86. The minimum Gasteiger partial charge on any atom is -0.459 e. The maximum absolute atomic E-state index is 12.6. The lowest BCUT2D eigenvalue weighted by Crippen LogP contribution is -2.60. The van der Waals surface area contributed by atoms with Crippen molar-refractivity contribution in [3.63, 3.8) is 0 Å². The zero-order valence-electron chi connectivity index (χ0n) is 12.9. The van der Waals surface area contributed by atoms with E-state index in [1.54, 1.807) is 18.4 Å². The molecular weight excluding hydrogens is 252 g/mol. The summed E-state index contributed by atoms with van der Waals surface area (Å²) in [7, 11) is 0. The van der Waals surface area contributed by atoms with Gasteiger partial charge in [0.25, 0.3) is 5.91 Å². The second-order valence-corrected chi connectivity index (χ2v) is 6.48. The summed E-state index contributed by atoms with van der Waals surface area (Å²) in [5.41, 5.74) is 0. The van der Waals surface area contributed by atoms with Crippen LogP contribution >= 0.6 is 0 Å². The van der Waals surface area contributed by atoms with Crippen LogP contribution in [0.2, 0.25) is 0 Å². The van der Waals surface area contributed by atoms with Crippen LogP contribution in [0.15, 0.2) is 22.8 Å². The highest BCUT2D eigenvalue weighted by Gasteiger charge is 2.34. The summed E-state index contributed by atoms with van der Waals surface area (Å²) in [6.45, 7) is 10.4. The molecule has 1 saturated heterocycles. The lowest BCUT2D eigenvalue weighted by atomic mass is 9.94. The Hall–Kier alpha value is -1.29. The predicted molar refractivity (Wildman–Crippen MR) is 79.6 cm³/mol. The van der Waals surface area contributed by atoms with Crippen molar-refractivity contribution in [3.05, 3.63) is 24.2 Å². The van der Waals surface area contributed by atoms with Gasteiger partial charge in [-0.3, -0.25) is 4.79 Å². The largest absolute Gasteiger partial charge is 0.459 e. The van der Waals surface area contributed by atoms with E-state index >= 15 is 0 Å². The number of hydrogen-bond acceptors (Lipinski definition) is 3. The summed E-state index contributed by atoms with van der Waals surface area (Å²) in [6, 6.07) is 4.13. The Morgan fingerprint density at radius 2 is 2.20 bits per heavy atom. The molecule has 0 bridgehead atoms. The van der Waals surface area contributed by atoms with Crippen molar-refractivity contribution < 1.29 is 9.21 Å². The normalized spacial score (nSPS) is 23.6. The summed E-state index contributed by atoms with van der Waals surface area (Å²) < 4.78 is 5.28. The molecule has 2 heterocycles. The minimum atomic E-state index is 0.0176. The van der Waals surface area contributed by atoms with Crippen LogP contribution in [-0.2, 0) is 0 Å². The lowest BCUT2D eigenvalue weighted by molar-refractivity contribution is 0.0464. The van der Waals surface area contributed by atoms with Crippen molar-refractivity contribution in [2.75, 3.05) is 13.1 Å².